The number of rotatable bonds is 8. The largest absolute Gasteiger partial charge is 0.330 e. The Morgan fingerprint density at radius 1 is 0.935 bits per heavy atom. The summed E-state index contributed by atoms with van der Waals surface area (Å²) in [7, 11) is 0. The second-order valence-corrected chi connectivity index (χ2v) is 8.26. The highest BCUT2D eigenvalue weighted by atomic mass is 32.2. The molecular formula is C21H24N6O3S. The Morgan fingerprint density at radius 2 is 1.74 bits per heavy atom. The van der Waals surface area contributed by atoms with Gasteiger partial charge in [0.1, 0.15) is 5.82 Å². The van der Waals surface area contributed by atoms with Crippen molar-refractivity contribution in [2.24, 2.45) is 0 Å². The number of aromatic amines is 2. The van der Waals surface area contributed by atoms with Crippen molar-refractivity contribution in [1.82, 2.24) is 29.1 Å². The molecule has 4 rings (SSSR count). The summed E-state index contributed by atoms with van der Waals surface area (Å²) in [5, 5.41) is 1.02. The summed E-state index contributed by atoms with van der Waals surface area (Å²) in [5.74, 6) is 1.07. The normalized spacial score (nSPS) is 11.5. The van der Waals surface area contributed by atoms with Gasteiger partial charge in [-0.25, -0.2) is 14.8 Å². The van der Waals surface area contributed by atoms with Crippen LogP contribution in [0, 0.1) is 0 Å². The molecule has 162 valence electrons. The van der Waals surface area contributed by atoms with E-state index in [1.54, 1.807) is 18.2 Å². The smallest absolute Gasteiger partial charge is 0.321 e. The van der Waals surface area contributed by atoms with E-state index in [-0.39, 0.29) is 5.56 Å². The van der Waals surface area contributed by atoms with E-state index in [4.69, 9.17) is 0 Å². The van der Waals surface area contributed by atoms with E-state index < -0.39 is 11.2 Å². The molecule has 0 fully saturated rings. The minimum atomic E-state index is -0.438. The van der Waals surface area contributed by atoms with Crippen molar-refractivity contribution in [2.45, 2.75) is 57.1 Å². The summed E-state index contributed by atoms with van der Waals surface area (Å²) in [5.41, 5.74) is 0.383. The lowest BCUT2D eigenvalue weighted by Crippen LogP contribution is -2.31. The molecule has 1 aromatic carbocycles. The molecule has 9 nitrogen and oxygen atoms in total. The molecule has 0 radical (unpaired) electrons. The van der Waals surface area contributed by atoms with Crippen LogP contribution in [0.1, 0.15) is 38.9 Å². The lowest BCUT2D eigenvalue weighted by atomic mass is 10.2. The maximum Gasteiger partial charge on any atom is 0.330 e. The van der Waals surface area contributed by atoms with Crippen LogP contribution < -0.4 is 16.8 Å². The number of imidazole rings is 1. The molecule has 2 N–H and O–H groups in total. The first-order chi connectivity index (χ1) is 15.0. The highest BCUT2D eigenvalue weighted by molar-refractivity contribution is 7.98. The Bertz CT molecular complexity index is 1410. The van der Waals surface area contributed by atoms with Crippen LogP contribution in [0.25, 0.3) is 22.1 Å². The summed E-state index contributed by atoms with van der Waals surface area (Å²) in [6.07, 6.45) is 2.54. The average Bonchev–Trinajstić information content (AvgIpc) is 3.11. The number of hydrogen-bond donors (Lipinski definition) is 2. The van der Waals surface area contributed by atoms with Crippen LogP contribution in [0.4, 0.5) is 0 Å². The lowest BCUT2D eigenvalue weighted by Gasteiger charge is -2.08. The molecule has 4 aromatic rings. The fourth-order valence-corrected chi connectivity index (χ4v) is 4.40. The third kappa shape index (κ3) is 4.07. The third-order valence-electron chi connectivity index (χ3n) is 5.08. The maximum absolute atomic E-state index is 12.6. The van der Waals surface area contributed by atoms with Gasteiger partial charge < -0.3 is 9.55 Å². The van der Waals surface area contributed by atoms with Crippen molar-refractivity contribution < 1.29 is 0 Å². The fourth-order valence-electron chi connectivity index (χ4n) is 3.58. The first-order valence-corrected chi connectivity index (χ1v) is 11.4. The van der Waals surface area contributed by atoms with Gasteiger partial charge in [-0.05, 0) is 25.0 Å². The van der Waals surface area contributed by atoms with Crippen LogP contribution in [-0.2, 0) is 18.8 Å². The Hall–Kier alpha value is -3.14. The molecule has 3 aromatic heterocycles. The van der Waals surface area contributed by atoms with Gasteiger partial charge in [0.2, 0.25) is 0 Å². The van der Waals surface area contributed by atoms with E-state index >= 15 is 0 Å². The molecule has 0 aliphatic heterocycles. The molecule has 0 aliphatic carbocycles. The molecule has 31 heavy (non-hydrogen) atoms. The van der Waals surface area contributed by atoms with Crippen LogP contribution in [0.3, 0.4) is 0 Å². The van der Waals surface area contributed by atoms with E-state index in [9.17, 15) is 14.4 Å². The second-order valence-electron chi connectivity index (χ2n) is 7.29. The molecule has 0 amide bonds. The van der Waals surface area contributed by atoms with Crippen LogP contribution >= 0.6 is 11.8 Å². The Balaban J connectivity index is 1.76. The van der Waals surface area contributed by atoms with E-state index in [0.717, 1.165) is 19.3 Å². The van der Waals surface area contributed by atoms with Gasteiger partial charge in [0.15, 0.2) is 16.3 Å². The van der Waals surface area contributed by atoms with Crippen molar-refractivity contribution >= 4 is 33.8 Å². The van der Waals surface area contributed by atoms with Crippen molar-refractivity contribution in [3.8, 4) is 0 Å². The first kappa shape index (κ1) is 21.1. The quantitative estimate of drug-likeness (QED) is 0.321. The number of H-pyrrole nitrogens is 2. The zero-order valence-electron chi connectivity index (χ0n) is 17.5. The molecule has 10 heteroatoms. The topological polar surface area (TPSA) is 118 Å². The molecular weight excluding hydrogens is 416 g/mol. The van der Waals surface area contributed by atoms with Gasteiger partial charge in [0.25, 0.3) is 11.1 Å². The van der Waals surface area contributed by atoms with Gasteiger partial charge >= 0.3 is 5.69 Å². The average molecular weight is 441 g/mol. The predicted molar refractivity (Wildman–Crippen MR) is 122 cm³/mol. The Kier molecular flexibility index (Phi) is 6.08. The van der Waals surface area contributed by atoms with Crippen LogP contribution in [0.15, 0.2) is 43.8 Å². The Morgan fingerprint density at radius 3 is 2.52 bits per heavy atom. The number of unbranched alkanes of at least 4 members (excludes halogenated alkanes) is 1. The minimum Gasteiger partial charge on any atom is -0.321 e. The molecule has 0 unspecified atom stereocenters. The molecule has 0 bridgehead atoms. The molecule has 0 aliphatic rings. The highest BCUT2D eigenvalue weighted by Crippen LogP contribution is 2.22. The van der Waals surface area contributed by atoms with Gasteiger partial charge in [-0.15, -0.1) is 0 Å². The molecule has 0 saturated carbocycles. The SMILES string of the molecule is CCCCn1c(=O)[nH]c(=O)c2c1nc(CSc1nc3ccccc3c(=O)[nH]1)n2CCC. The Labute approximate surface area is 181 Å². The number of benzene rings is 1. The van der Waals surface area contributed by atoms with Crippen LogP contribution in [-0.4, -0.2) is 29.1 Å². The lowest BCUT2D eigenvalue weighted by molar-refractivity contribution is 0.612. The van der Waals surface area contributed by atoms with Crippen molar-refractivity contribution in [3.63, 3.8) is 0 Å². The third-order valence-corrected chi connectivity index (χ3v) is 5.95. The zero-order valence-corrected chi connectivity index (χ0v) is 18.3. The summed E-state index contributed by atoms with van der Waals surface area (Å²) < 4.78 is 3.40. The van der Waals surface area contributed by atoms with Crippen molar-refractivity contribution in [2.75, 3.05) is 0 Å². The number of aryl methyl sites for hydroxylation is 2. The number of aromatic nitrogens is 6. The number of nitrogens with zero attached hydrogens (tertiary/aromatic N) is 4. The van der Waals surface area contributed by atoms with Crippen LogP contribution in [0.2, 0.25) is 0 Å². The fraction of sp³-hybridized carbons (Fsp3) is 0.381. The number of nitrogens with one attached hydrogen (secondary N) is 2. The summed E-state index contributed by atoms with van der Waals surface area (Å²) in [6.45, 7) is 5.16. The van der Waals surface area contributed by atoms with E-state index in [1.165, 1.54) is 16.3 Å². The standard InChI is InChI=1S/C21H24N6O3S/c1-3-5-11-27-17-16(19(29)25-21(27)30)26(10-4-2)15(23-17)12-31-20-22-14-9-7-6-8-13(14)18(28)24-20/h6-9H,3-5,10-12H2,1-2H3,(H,22,24,28)(H,25,29,30). The van der Waals surface area contributed by atoms with E-state index in [0.29, 0.717) is 51.9 Å². The van der Waals surface area contributed by atoms with E-state index in [1.807, 2.05) is 24.5 Å². The summed E-state index contributed by atoms with van der Waals surface area (Å²) >= 11 is 1.34. The second kappa shape index (κ2) is 8.93. The molecule has 0 spiro atoms. The number of fused-ring (bicyclic) bond motifs is 2. The maximum atomic E-state index is 12.6. The number of hydrogen-bond acceptors (Lipinski definition) is 6. The summed E-state index contributed by atoms with van der Waals surface area (Å²) in [4.78, 5) is 51.7. The number of thioether (sulfide) groups is 1. The first-order valence-electron chi connectivity index (χ1n) is 10.4. The highest BCUT2D eigenvalue weighted by Gasteiger charge is 2.18. The number of para-hydroxylation sites is 1. The molecule has 0 atom stereocenters. The molecule has 0 saturated heterocycles. The van der Waals surface area contributed by atoms with Gasteiger partial charge in [-0.2, -0.15) is 0 Å². The van der Waals surface area contributed by atoms with Gasteiger partial charge in [0.05, 0.1) is 16.7 Å². The van der Waals surface area contributed by atoms with Crippen LogP contribution in [0.5, 0.6) is 0 Å². The monoisotopic (exact) mass is 440 g/mol. The van der Waals surface area contributed by atoms with Gasteiger partial charge in [0, 0.05) is 13.1 Å². The molecule has 3 heterocycles. The van der Waals surface area contributed by atoms with Crippen molar-refractivity contribution in [1.29, 1.82) is 0 Å². The minimum absolute atomic E-state index is 0.194. The zero-order chi connectivity index (χ0) is 22.0. The van der Waals surface area contributed by atoms with Gasteiger partial charge in [-0.3, -0.25) is 19.1 Å². The van der Waals surface area contributed by atoms with Crippen molar-refractivity contribution in [3.05, 3.63) is 61.3 Å². The summed E-state index contributed by atoms with van der Waals surface area (Å²) in [6, 6.07) is 7.17. The predicted octanol–water partition coefficient (Wildman–Crippen LogP) is 2.63. The van der Waals surface area contributed by atoms with E-state index in [2.05, 4.69) is 19.9 Å². The van der Waals surface area contributed by atoms with Gasteiger partial charge in [-0.1, -0.05) is 44.2 Å².